The van der Waals surface area contributed by atoms with E-state index in [9.17, 15) is 21.6 Å². The number of nitrogens with zero attached hydrogens (tertiary/aromatic N) is 2. The Morgan fingerprint density at radius 1 is 1.12 bits per heavy atom. The second-order valence-electron chi connectivity index (χ2n) is 6.00. The Balaban J connectivity index is 1.72. The Labute approximate surface area is 153 Å². The molecule has 0 amide bonds. The quantitative estimate of drug-likeness (QED) is 0.818. The van der Waals surface area contributed by atoms with Crippen molar-refractivity contribution in [3.63, 3.8) is 0 Å². The molecule has 0 atom stereocenters. The number of hydrogen-bond donors (Lipinski definition) is 1. The van der Waals surface area contributed by atoms with Gasteiger partial charge in [0.15, 0.2) is 5.13 Å². The number of rotatable bonds is 5. The van der Waals surface area contributed by atoms with Gasteiger partial charge in [0.1, 0.15) is 6.54 Å². The van der Waals surface area contributed by atoms with Gasteiger partial charge in [-0.2, -0.15) is 17.5 Å². The number of hydrogen-bond acceptors (Lipinski definition) is 5. The lowest BCUT2D eigenvalue weighted by atomic mass is 10.2. The van der Waals surface area contributed by atoms with Crippen LogP contribution in [-0.2, 0) is 10.0 Å². The van der Waals surface area contributed by atoms with Crippen LogP contribution in [0.25, 0.3) is 11.3 Å². The molecule has 26 heavy (non-hydrogen) atoms. The van der Waals surface area contributed by atoms with Crippen molar-refractivity contribution in [2.75, 3.05) is 25.0 Å². The van der Waals surface area contributed by atoms with Crippen molar-refractivity contribution < 1.29 is 21.6 Å². The second-order valence-corrected chi connectivity index (χ2v) is 8.79. The van der Waals surface area contributed by atoms with Crippen LogP contribution in [0.4, 0.5) is 18.3 Å². The summed E-state index contributed by atoms with van der Waals surface area (Å²) in [5.41, 5.74) is 1.15. The number of piperidine rings is 1. The molecule has 1 N–H and O–H groups in total. The maximum atomic E-state index is 12.6. The number of halogens is 3. The molecular weight excluding hydrogens is 387 g/mol. The van der Waals surface area contributed by atoms with Crippen molar-refractivity contribution in [2.24, 2.45) is 0 Å². The number of anilines is 1. The summed E-state index contributed by atoms with van der Waals surface area (Å²) in [5.74, 6) is 0. The van der Waals surface area contributed by atoms with Crippen molar-refractivity contribution in [3.05, 3.63) is 29.6 Å². The highest BCUT2D eigenvalue weighted by molar-refractivity contribution is 7.89. The normalized spacial score (nSPS) is 16.6. The number of benzene rings is 1. The van der Waals surface area contributed by atoms with Gasteiger partial charge in [0.25, 0.3) is 0 Å². The van der Waals surface area contributed by atoms with Crippen molar-refractivity contribution in [2.45, 2.75) is 30.3 Å². The molecule has 2 heterocycles. The van der Waals surface area contributed by atoms with Crippen LogP contribution in [0.2, 0.25) is 0 Å². The fourth-order valence-electron chi connectivity index (χ4n) is 2.72. The van der Waals surface area contributed by atoms with Crippen molar-refractivity contribution in [1.29, 1.82) is 0 Å². The molecule has 1 aromatic heterocycles. The largest absolute Gasteiger partial charge is 0.405 e. The van der Waals surface area contributed by atoms with Gasteiger partial charge in [0, 0.05) is 24.0 Å². The van der Waals surface area contributed by atoms with Gasteiger partial charge in [-0.15, -0.1) is 11.3 Å². The predicted molar refractivity (Wildman–Crippen MR) is 94.7 cm³/mol. The molecule has 3 rings (SSSR count). The first-order valence-electron chi connectivity index (χ1n) is 8.12. The summed E-state index contributed by atoms with van der Waals surface area (Å²) in [6.07, 6.45) is -1.54. The first-order valence-corrected chi connectivity index (χ1v) is 10.4. The van der Waals surface area contributed by atoms with Gasteiger partial charge in [-0.1, -0.05) is 18.6 Å². The first-order chi connectivity index (χ1) is 12.3. The molecule has 0 aliphatic carbocycles. The van der Waals surface area contributed by atoms with Crippen LogP contribution in [0, 0.1) is 0 Å². The Morgan fingerprint density at radius 2 is 1.77 bits per heavy atom. The molecule has 1 fully saturated rings. The molecule has 0 bridgehead atoms. The summed E-state index contributed by atoms with van der Waals surface area (Å²) in [6.45, 7) is -0.0816. The van der Waals surface area contributed by atoms with E-state index in [0.717, 1.165) is 30.6 Å². The van der Waals surface area contributed by atoms with E-state index < -0.39 is 22.7 Å². The Bertz CT molecular complexity index is 842. The fraction of sp³-hybridized carbons (Fsp3) is 0.438. The van der Waals surface area contributed by atoms with E-state index in [1.54, 1.807) is 17.5 Å². The van der Waals surface area contributed by atoms with E-state index in [2.05, 4.69) is 10.3 Å². The molecule has 1 aliphatic heterocycles. The average Bonchev–Trinajstić information content (AvgIpc) is 3.09. The third kappa shape index (κ3) is 4.54. The highest BCUT2D eigenvalue weighted by Gasteiger charge is 2.27. The maximum absolute atomic E-state index is 12.6. The third-order valence-corrected chi connectivity index (χ3v) is 6.76. The summed E-state index contributed by atoms with van der Waals surface area (Å²) in [4.78, 5) is 4.33. The summed E-state index contributed by atoms with van der Waals surface area (Å²) < 4.78 is 63.4. The minimum atomic E-state index is -4.31. The van der Waals surface area contributed by atoms with Crippen LogP contribution in [-0.4, -0.2) is 43.5 Å². The zero-order valence-electron chi connectivity index (χ0n) is 13.8. The molecule has 2 aromatic rings. The highest BCUT2D eigenvalue weighted by Crippen LogP contribution is 2.28. The lowest BCUT2D eigenvalue weighted by molar-refractivity contribution is -0.115. The monoisotopic (exact) mass is 405 g/mol. The summed E-state index contributed by atoms with van der Waals surface area (Å²) in [5, 5.41) is 4.03. The Morgan fingerprint density at radius 3 is 2.38 bits per heavy atom. The topological polar surface area (TPSA) is 62.3 Å². The van der Waals surface area contributed by atoms with Gasteiger partial charge in [-0.05, 0) is 25.0 Å². The van der Waals surface area contributed by atoms with Crippen LogP contribution in [0.15, 0.2) is 34.5 Å². The van der Waals surface area contributed by atoms with E-state index in [0.29, 0.717) is 24.3 Å². The van der Waals surface area contributed by atoms with Crippen LogP contribution < -0.4 is 5.32 Å². The van der Waals surface area contributed by atoms with E-state index in [1.807, 2.05) is 0 Å². The molecule has 0 radical (unpaired) electrons. The van der Waals surface area contributed by atoms with E-state index in [-0.39, 0.29) is 10.0 Å². The molecule has 10 heteroatoms. The Kier molecular flexibility index (Phi) is 5.54. The van der Waals surface area contributed by atoms with Gasteiger partial charge in [0.05, 0.1) is 10.6 Å². The van der Waals surface area contributed by atoms with Gasteiger partial charge in [-0.25, -0.2) is 13.4 Å². The minimum Gasteiger partial charge on any atom is -0.352 e. The second kappa shape index (κ2) is 7.53. The Hall–Kier alpha value is -1.65. The molecule has 0 spiro atoms. The highest BCUT2D eigenvalue weighted by atomic mass is 32.2. The maximum Gasteiger partial charge on any atom is 0.405 e. The molecule has 1 saturated heterocycles. The number of nitrogens with one attached hydrogen (secondary N) is 1. The summed E-state index contributed by atoms with van der Waals surface area (Å²) in [6, 6.07) is 6.28. The molecule has 1 aliphatic rings. The minimum absolute atomic E-state index is 0.169. The number of aromatic nitrogens is 1. The molecule has 0 saturated carbocycles. The number of sulfonamides is 1. The van der Waals surface area contributed by atoms with Gasteiger partial charge in [-0.3, -0.25) is 0 Å². The molecule has 5 nitrogen and oxygen atoms in total. The van der Waals surface area contributed by atoms with Crippen molar-refractivity contribution in [1.82, 2.24) is 9.29 Å². The molecule has 1 aromatic carbocycles. The van der Waals surface area contributed by atoms with Gasteiger partial charge in [0.2, 0.25) is 10.0 Å². The number of alkyl halides is 3. The van der Waals surface area contributed by atoms with E-state index >= 15 is 0 Å². The first kappa shape index (κ1) is 19.1. The van der Waals surface area contributed by atoms with Crippen LogP contribution in [0.3, 0.4) is 0 Å². The summed E-state index contributed by atoms with van der Waals surface area (Å²) in [7, 11) is -3.50. The average molecular weight is 405 g/mol. The SMILES string of the molecule is O=S(=O)(c1ccc(-c2csc(NCC(F)(F)F)n2)cc1)N1CCCCC1. The van der Waals surface area contributed by atoms with Gasteiger partial charge >= 0.3 is 6.18 Å². The fourth-order valence-corrected chi connectivity index (χ4v) is 4.95. The molecular formula is C16H18F3N3O2S2. The van der Waals surface area contributed by atoms with Gasteiger partial charge < -0.3 is 5.32 Å². The van der Waals surface area contributed by atoms with Crippen LogP contribution in [0.1, 0.15) is 19.3 Å². The third-order valence-electron chi connectivity index (χ3n) is 4.05. The lowest BCUT2D eigenvalue weighted by Gasteiger charge is -2.25. The lowest BCUT2D eigenvalue weighted by Crippen LogP contribution is -2.35. The van der Waals surface area contributed by atoms with Crippen LogP contribution in [0.5, 0.6) is 0 Å². The van der Waals surface area contributed by atoms with Crippen molar-refractivity contribution >= 4 is 26.5 Å². The smallest absolute Gasteiger partial charge is 0.352 e. The van der Waals surface area contributed by atoms with E-state index in [4.69, 9.17) is 0 Å². The predicted octanol–water partition coefficient (Wildman–Crippen LogP) is 3.96. The molecule has 0 unspecified atom stereocenters. The summed E-state index contributed by atoms with van der Waals surface area (Å²) >= 11 is 1.07. The molecule has 142 valence electrons. The standard InChI is InChI=1S/C16H18F3N3O2S2/c17-16(18,19)11-20-15-21-14(10-25-15)12-4-6-13(7-5-12)26(23,24)22-8-2-1-3-9-22/h4-7,10H,1-3,8-9,11H2,(H,20,21). The number of thiazole rings is 1. The zero-order chi connectivity index (χ0) is 18.8. The van der Waals surface area contributed by atoms with E-state index in [1.165, 1.54) is 16.4 Å². The zero-order valence-corrected chi connectivity index (χ0v) is 15.4. The van der Waals surface area contributed by atoms with Crippen LogP contribution >= 0.6 is 11.3 Å². The van der Waals surface area contributed by atoms with Crippen molar-refractivity contribution in [3.8, 4) is 11.3 Å².